The summed E-state index contributed by atoms with van der Waals surface area (Å²) in [6.45, 7) is 5.64. The van der Waals surface area contributed by atoms with Crippen molar-refractivity contribution in [2.24, 2.45) is 13.0 Å². The lowest BCUT2D eigenvalue weighted by molar-refractivity contribution is 0.0373. The number of aliphatic hydroxyl groups is 1. The third-order valence-electron chi connectivity index (χ3n) is 5.69. The van der Waals surface area contributed by atoms with Gasteiger partial charge in [-0.1, -0.05) is 19.1 Å². The Morgan fingerprint density at radius 3 is 2.73 bits per heavy atom. The summed E-state index contributed by atoms with van der Waals surface area (Å²) in [5.41, 5.74) is 1.02. The summed E-state index contributed by atoms with van der Waals surface area (Å²) >= 11 is 0. The number of fused-ring (bicyclic) bond motifs is 1. The standard InChI is InChI=1S/C22H31N5O5S/c1-6-7-17-8-18-21(23-9-17)32-19(15(2)10-27(22(18)29)16(3)13-28)11-26(5)33(30,31)20-12-25(4)14-24-20/h6-9,12,14-16,19,28H,10-11,13H2,1-5H3/t15-,16-,19+/m1/s1. The number of aromatic nitrogens is 3. The van der Waals surface area contributed by atoms with Crippen LogP contribution in [0, 0.1) is 5.92 Å². The highest BCUT2D eigenvalue weighted by molar-refractivity contribution is 7.89. The van der Waals surface area contributed by atoms with Gasteiger partial charge in [0.15, 0.2) is 5.03 Å². The zero-order valence-corrected chi connectivity index (χ0v) is 20.4. The van der Waals surface area contributed by atoms with E-state index in [0.29, 0.717) is 0 Å². The molecule has 10 nitrogen and oxygen atoms in total. The minimum Gasteiger partial charge on any atom is -0.472 e. The molecular weight excluding hydrogens is 446 g/mol. The van der Waals surface area contributed by atoms with Gasteiger partial charge in [-0.15, -0.1) is 0 Å². The summed E-state index contributed by atoms with van der Waals surface area (Å²) in [4.78, 5) is 23.2. The first-order valence-corrected chi connectivity index (χ1v) is 12.2. The summed E-state index contributed by atoms with van der Waals surface area (Å²) in [6, 6.07) is 1.27. The molecule has 0 spiro atoms. The molecule has 2 aromatic heterocycles. The topological polar surface area (TPSA) is 118 Å². The molecule has 180 valence electrons. The predicted molar refractivity (Wildman–Crippen MR) is 123 cm³/mol. The van der Waals surface area contributed by atoms with Crippen LogP contribution < -0.4 is 4.74 Å². The molecule has 2 aromatic rings. The van der Waals surface area contributed by atoms with Crippen molar-refractivity contribution in [2.75, 3.05) is 26.7 Å². The van der Waals surface area contributed by atoms with Gasteiger partial charge in [-0.25, -0.2) is 18.4 Å². The minimum atomic E-state index is -3.83. The second kappa shape index (κ2) is 10.0. The van der Waals surface area contributed by atoms with Crippen LogP contribution in [0.25, 0.3) is 6.08 Å². The summed E-state index contributed by atoms with van der Waals surface area (Å²) < 4.78 is 34.9. The Morgan fingerprint density at radius 1 is 1.39 bits per heavy atom. The van der Waals surface area contributed by atoms with Gasteiger partial charge in [-0.2, -0.15) is 4.31 Å². The quantitative estimate of drug-likeness (QED) is 0.640. The van der Waals surface area contributed by atoms with E-state index in [9.17, 15) is 18.3 Å². The number of allylic oxidation sites excluding steroid dienone is 1. The first-order chi connectivity index (χ1) is 15.6. The molecule has 3 atom stereocenters. The van der Waals surface area contributed by atoms with Crippen molar-refractivity contribution in [1.82, 2.24) is 23.7 Å². The largest absolute Gasteiger partial charge is 0.472 e. The molecule has 3 heterocycles. The van der Waals surface area contributed by atoms with Crippen molar-refractivity contribution in [1.29, 1.82) is 0 Å². The molecule has 1 N–H and O–H groups in total. The van der Waals surface area contributed by atoms with Crippen molar-refractivity contribution < 1.29 is 23.1 Å². The number of imidazole rings is 1. The Hall–Kier alpha value is -2.76. The average Bonchev–Trinajstić information content (AvgIpc) is 3.23. The van der Waals surface area contributed by atoms with Gasteiger partial charge in [0.2, 0.25) is 5.88 Å². The van der Waals surface area contributed by atoms with Crippen LogP contribution in [0.15, 0.2) is 35.9 Å². The molecule has 33 heavy (non-hydrogen) atoms. The van der Waals surface area contributed by atoms with Gasteiger partial charge in [-0.3, -0.25) is 4.79 Å². The monoisotopic (exact) mass is 477 g/mol. The number of hydrogen-bond acceptors (Lipinski definition) is 7. The van der Waals surface area contributed by atoms with E-state index in [1.54, 1.807) is 35.7 Å². The molecule has 1 amide bonds. The number of pyridine rings is 1. The van der Waals surface area contributed by atoms with Crippen LogP contribution >= 0.6 is 0 Å². The molecule has 0 saturated heterocycles. The number of hydrogen-bond donors (Lipinski definition) is 1. The number of carbonyl (C=O) groups excluding carboxylic acids is 1. The van der Waals surface area contributed by atoms with Crippen LogP contribution in [0.2, 0.25) is 0 Å². The van der Waals surface area contributed by atoms with Gasteiger partial charge in [0.25, 0.3) is 15.9 Å². The normalized spacial score (nSPS) is 20.5. The maximum Gasteiger partial charge on any atom is 0.261 e. The Labute approximate surface area is 194 Å². The Morgan fingerprint density at radius 2 is 2.12 bits per heavy atom. The molecule has 3 rings (SSSR count). The highest BCUT2D eigenvalue weighted by Crippen LogP contribution is 2.28. The van der Waals surface area contributed by atoms with E-state index in [1.807, 2.05) is 26.0 Å². The van der Waals surface area contributed by atoms with E-state index in [4.69, 9.17) is 4.74 Å². The zero-order valence-electron chi connectivity index (χ0n) is 19.5. The molecule has 0 saturated carbocycles. The summed E-state index contributed by atoms with van der Waals surface area (Å²) in [7, 11) is -0.655. The minimum absolute atomic E-state index is 0.0351. The molecule has 1 aliphatic rings. The molecule has 11 heteroatoms. The molecule has 0 unspecified atom stereocenters. The molecule has 0 aromatic carbocycles. The van der Waals surface area contributed by atoms with Crippen LogP contribution in [0.3, 0.4) is 0 Å². The highest BCUT2D eigenvalue weighted by Gasteiger charge is 2.36. The lowest BCUT2D eigenvalue weighted by Gasteiger charge is -2.37. The third-order valence-corrected chi connectivity index (χ3v) is 7.40. The molecule has 0 fully saturated rings. The Kier molecular flexibility index (Phi) is 7.55. The van der Waals surface area contributed by atoms with Gasteiger partial charge in [-0.05, 0) is 25.5 Å². The van der Waals surface area contributed by atoms with Gasteiger partial charge in [0.1, 0.15) is 11.7 Å². The first-order valence-electron chi connectivity index (χ1n) is 10.7. The predicted octanol–water partition coefficient (Wildman–Crippen LogP) is 1.39. The number of likely N-dealkylation sites (N-methyl/N-ethyl adjacent to an activating group) is 1. The van der Waals surface area contributed by atoms with Crippen LogP contribution in [0.4, 0.5) is 0 Å². The van der Waals surface area contributed by atoms with E-state index in [0.717, 1.165) is 5.56 Å². The first kappa shape index (κ1) is 24.9. The fraction of sp³-hybridized carbons (Fsp3) is 0.500. The van der Waals surface area contributed by atoms with Gasteiger partial charge >= 0.3 is 0 Å². The van der Waals surface area contributed by atoms with E-state index in [2.05, 4.69) is 9.97 Å². The molecule has 0 radical (unpaired) electrons. The van der Waals surface area contributed by atoms with Gasteiger partial charge in [0.05, 0.1) is 25.5 Å². The van der Waals surface area contributed by atoms with Crippen molar-refractivity contribution in [3.05, 3.63) is 42.0 Å². The van der Waals surface area contributed by atoms with Crippen molar-refractivity contribution in [3.63, 3.8) is 0 Å². The van der Waals surface area contributed by atoms with Crippen LogP contribution in [0.1, 0.15) is 36.7 Å². The number of ether oxygens (including phenoxy) is 1. The van der Waals surface area contributed by atoms with Crippen LogP contribution in [-0.4, -0.2) is 82.1 Å². The summed E-state index contributed by atoms with van der Waals surface area (Å²) in [6.07, 6.45) is 7.55. The van der Waals surface area contributed by atoms with Crippen LogP contribution in [0.5, 0.6) is 5.88 Å². The SMILES string of the molecule is CC=Cc1cnc2c(c1)C(=O)N([C@H](C)CO)C[C@@H](C)[C@H](CN(C)S(=O)(=O)c1cn(C)cn1)O2. The van der Waals surface area contributed by atoms with E-state index in [-0.39, 0.29) is 48.0 Å². The highest BCUT2D eigenvalue weighted by atomic mass is 32.2. The maximum absolute atomic E-state index is 13.3. The molecule has 0 bridgehead atoms. The number of aryl methyl sites for hydroxylation is 1. The number of nitrogens with zero attached hydrogens (tertiary/aromatic N) is 5. The third kappa shape index (κ3) is 5.26. The average molecular weight is 478 g/mol. The van der Waals surface area contributed by atoms with Crippen molar-refractivity contribution in [3.8, 4) is 5.88 Å². The fourth-order valence-electron chi connectivity index (χ4n) is 3.65. The fourth-order valence-corrected chi connectivity index (χ4v) is 4.80. The Bertz CT molecular complexity index is 1130. The zero-order chi connectivity index (χ0) is 24.3. The summed E-state index contributed by atoms with van der Waals surface area (Å²) in [5, 5.41) is 9.69. The van der Waals surface area contributed by atoms with Crippen molar-refractivity contribution in [2.45, 2.75) is 37.9 Å². The lowest BCUT2D eigenvalue weighted by Crippen LogP contribution is -2.50. The smallest absolute Gasteiger partial charge is 0.261 e. The Balaban J connectivity index is 1.97. The molecule has 0 aliphatic carbocycles. The maximum atomic E-state index is 13.3. The van der Waals surface area contributed by atoms with Gasteiger partial charge < -0.3 is 19.3 Å². The number of aliphatic hydroxyl groups excluding tert-OH is 1. The van der Waals surface area contributed by atoms with Crippen LogP contribution in [-0.2, 0) is 17.1 Å². The van der Waals surface area contributed by atoms with Crippen molar-refractivity contribution >= 4 is 22.0 Å². The number of amides is 1. The number of carbonyl (C=O) groups is 1. The van der Waals surface area contributed by atoms with E-state index >= 15 is 0 Å². The molecular formula is C22H31N5O5S. The van der Waals surface area contributed by atoms with E-state index in [1.165, 1.54) is 23.9 Å². The number of rotatable bonds is 7. The molecule has 1 aliphatic heterocycles. The van der Waals surface area contributed by atoms with Gasteiger partial charge in [0, 0.05) is 39.0 Å². The second-order valence-electron chi connectivity index (χ2n) is 8.41. The second-order valence-corrected chi connectivity index (χ2v) is 10.4. The lowest BCUT2D eigenvalue weighted by atomic mass is 10.00. The number of sulfonamides is 1. The summed E-state index contributed by atoms with van der Waals surface area (Å²) in [5.74, 6) is -0.386. The van der Waals surface area contributed by atoms with E-state index < -0.39 is 22.2 Å².